The monoisotopic (exact) mass is 339 g/mol. The Kier molecular flexibility index (Phi) is 4.54. The first kappa shape index (κ1) is 16.2. The van der Waals surface area contributed by atoms with Crippen molar-refractivity contribution < 1.29 is 17.7 Å². The Morgan fingerprint density at radius 3 is 2.48 bits per heavy atom. The second-order valence-electron chi connectivity index (χ2n) is 6.24. The summed E-state index contributed by atoms with van der Waals surface area (Å²) in [5.41, 5.74) is 0.321. The van der Waals surface area contributed by atoms with Crippen molar-refractivity contribution in [2.24, 2.45) is 0 Å². The molecule has 0 saturated heterocycles. The first-order chi connectivity index (χ1) is 11.0. The van der Waals surface area contributed by atoms with Crippen LogP contribution in [0, 0.1) is 0 Å². The van der Waals surface area contributed by atoms with E-state index >= 15 is 0 Å². The van der Waals surface area contributed by atoms with Gasteiger partial charge in [-0.25, -0.2) is 13.1 Å². The molecule has 2 aliphatic carbocycles. The minimum absolute atomic E-state index is 0.0352. The standard InChI is InChI=1S/C15H21N3O4S/c1-2-23(20,21)18-12-7-5-11(6-8-12)16-15(19)13-9-14(22-17-13)10-3-4-10/h2,9-12,18H,1,3-8H2,(H,16,19). The second kappa shape index (κ2) is 6.45. The van der Waals surface area contributed by atoms with Crippen molar-refractivity contribution in [3.05, 3.63) is 29.5 Å². The quantitative estimate of drug-likeness (QED) is 0.821. The zero-order valence-electron chi connectivity index (χ0n) is 12.8. The van der Waals surface area contributed by atoms with Crippen molar-refractivity contribution in [3.8, 4) is 0 Å². The third-order valence-electron chi connectivity index (χ3n) is 4.35. The molecule has 1 aromatic heterocycles. The number of hydrogen-bond acceptors (Lipinski definition) is 5. The van der Waals surface area contributed by atoms with E-state index in [0.717, 1.165) is 36.9 Å². The maximum atomic E-state index is 12.2. The van der Waals surface area contributed by atoms with Crippen LogP contribution in [0.3, 0.4) is 0 Å². The first-order valence-electron chi connectivity index (χ1n) is 7.89. The summed E-state index contributed by atoms with van der Waals surface area (Å²) in [4.78, 5) is 12.2. The molecule has 0 radical (unpaired) electrons. The lowest BCUT2D eigenvalue weighted by Crippen LogP contribution is -2.43. The average molecular weight is 339 g/mol. The van der Waals surface area contributed by atoms with Crippen molar-refractivity contribution in [2.75, 3.05) is 0 Å². The van der Waals surface area contributed by atoms with Gasteiger partial charge in [0, 0.05) is 29.5 Å². The number of rotatable bonds is 6. The minimum atomic E-state index is -3.40. The highest BCUT2D eigenvalue weighted by molar-refractivity contribution is 7.92. The van der Waals surface area contributed by atoms with Crippen LogP contribution in [0.2, 0.25) is 0 Å². The lowest BCUT2D eigenvalue weighted by Gasteiger charge is -2.28. The van der Waals surface area contributed by atoms with E-state index in [1.54, 1.807) is 6.07 Å². The van der Waals surface area contributed by atoms with Crippen molar-refractivity contribution in [1.29, 1.82) is 0 Å². The van der Waals surface area contributed by atoms with E-state index in [1.165, 1.54) is 0 Å². The first-order valence-corrected chi connectivity index (χ1v) is 9.44. The fourth-order valence-electron chi connectivity index (χ4n) is 2.85. The van der Waals surface area contributed by atoms with Gasteiger partial charge in [0.1, 0.15) is 5.76 Å². The summed E-state index contributed by atoms with van der Waals surface area (Å²) >= 11 is 0. The van der Waals surface area contributed by atoms with Gasteiger partial charge in [0.25, 0.3) is 5.91 Å². The molecule has 0 spiro atoms. The van der Waals surface area contributed by atoms with Crippen molar-refractivity contribution >= 4 is 15.9 Å². The smallest absolute Gasteiger partial charge is 0.273 e. The average Bonchev–Trinajstić information content (AvgIpc) is 3.26. The number of nitrogens with zero attached hydrogens (tertiary/aromatic N) is 1. The van der Waals surface area contributed by atoms with Gasteiger partial charge >= 0.3 is 0 Å². The molecule has 8 heteroatoms. The molecule has 126 valence electrons. The zero-order valence-corrected chi connectivity index (χ0v) is 13.6. The van der Waals surface area contributed by atoms with Crippen molar-refractivity contribution in [2.45, 2.75) is 56.5 Å². The predicted molar refractivity (Wildman–Crippen MR) is 84.2 cm³/mol. The van der Waals surface area contributed by atoms with Gasteiger partial charge in [-0.3, -0.25) is 4.79 Å². The molecule has 1 amide bonds. The van der Waals surface area contributed by atoms with Gasteiger partial charge in [-0.05, 0) is 38.5 Å². The highest BCUT2D eigenvalue weighted by Gasteiger charge is 2.30. The number of nitrogens with one attached hydrogen (secondary N) is 2. The molecule has 3 rings (SSSR count). The molecule has 1 heterocycles. The molecule has 0 aliphatic heterocycles. The minimum Gasteiger partial charge on any atom is -0.360 e. The van der Waals surface area contributed by atoms with Gasteiger partial charge < -0.3 is 9.84 Å². The van der Waals surface area contributed by atoms with E-state index in [0.29, 0.717) is 24.5 Å². The third-order valence-corrected chi connectivity index (χ3v) is 5.45. The van der Waals surface area contributed by atoms with Crippen molar-refractivity contribution in [3.63, 3.8) is 0 Å². The Morgan fingerprint density at radius 1 is 1.22 bits per heavy atom. The number of amides is 1. The van der Waals surface area contributed by atoms with E-state index in [1.807, 2.05) is 0 Å². The van der Waals surface area contributed by atoms with Gasteiger partial charge in [0.05, 0.1) is 0 Å². The molecular weight excluding hydrogens is 318 g/mol. The molecule has 0 atom stereocenters. The fraction of sp³-hybridized carbons (Fsp3) is 0.600. The molecule has 2 N–H and O–H groups in total. The molecule has 7 nitrogen and oxygen atoms in total. The van der Waals surface area contributed by atoms with Crippen LogP contribution in [0.15, 0.2) is 22.6 Å². The highest BCUT2D eigenvalue weighted by atomic mass is 32.2. The van der Waals surface area contributed by atoms with Gasteiger partial charge in [-0.15, -0.1) is 0 Å². The van der Waals surface area contributed by atoms with E-state index in [2.05, 4.69) is 21.8 Å². The fourth-order valence-corrected chi connectivity index (χ4v) is 3.65. The van der Waals surface area contributed by atoms with Gasteiger partial charge in [-0.2, -0.15) is 0 Å². The Hall–Kier alpha value is -1.67. The molecule has 1 aromatic rings. The highest BCUT2D eigenvalue weighted by Crippen LogP contribution is 2.40. The number of sulfonamides is 1. The summed E-state index contributed by atoms with van der Waals surface area (Å²) in [6.07, 6.45) is 5.02. The van der Waals surface area contributed by atoms with Crippen LogP contribution < -0.4 is 10.0 Å². The molecule has 0 unspecified atom stereocenters. The number of hydrogen-bond donors (Lipinski definition) is 2. The molecule has 2 fully saturated rings. The summed E-state index contributed by atoms with van der Waals surface area (Å²) < 4.78 is 30.7. The summed E-state index contributed by atoms with van der Waals surface area (Å²) in [6, 6.07) is 1.66. The topological polar surface area (TPSA) is 101 Å². The van der Waals surface area contributed by atoms with E-state index in [4.69, 9.17) is 4.52 Å². The van der Waals surface area contributed by atoms with Crippen LogP contribution in [0.1, 0.15) is 60.7 Å². The maximum Gasteiger partial charge on any atom is 0.273 e. The largest absolute Gasteiger partial charge is 0.360 e. The molecule has 2 saturated carbocycles. The summed E-state index contributed by atoms with van der Waals surface area (Å²) in [5, 5.41) is 7.69. The number of carbonyl (C=O) groups is 1. The summed E-state index contributed by atoms with van der Waals surface area (Å²) in [5.74, 6) is 0.992. The SMILES string of the molecule is C=CS(=O)(=O)NC1CCC(NC(=O)c2cc(C3CC3)on2)CC1. The van der Waals surface area contributed by atoms with E-state index in [9.17, 15) is 13.2 Å². The summed E-state index contributed by atoms with van der Waals surface area (Å²) in [6.45, 7) is 3.28. The Labute approximate surface area is 135 Å². The van der Waals surface area contributed by atoms with Crippen LogP contribution in [-0.2, 0) is 10.0 Å². The van der Waals surface area contributed by atoms with Crippen LogP contribution >= 0.6 is 0 Å². The van der Waals surface area contributed by atoms with Crippen molar-refractivity contribution in [1.82, 2.24) is 15.2 Å². The lowest BCUT2D eigenvalue weighted by atomic mass is 9.92. The van der Waals surface area contributed by atoms with Crippen LogP contribution in [0.5, 0.6) is 0 Å². The summed E-state index contributed by atoms with van der Waals surface area (Å²) in [7, 11) is -3.40. The van der Waals surface area contributed by atoms with Crippen LogP contribution in [-0.4, -0.2) is 31.6 Å². The van der Waals surface area contributed by atoms with Crippen LogP contribution in [0.25, 0.3) is 0 Å². The molecule has 2 aliphatic rings. The van der Waals surface area contributed by atoms with Gasteiger partial charge in [0.2, 0.25) is 10.0 Å². The molecule has 0 aromatic carbocycles. The van der Waals surface area contributed by atoms with Crippen LogP contribution in [0.4, 0.5) is 0 Å². The Morgan fingerprint density at radius 2 is 1.87 bits per heavy atom. The number of carbonyl (C=O) groups excluding carboxylic acids is 1. The second-order valence-corrected chi connectivity index (χ2v) is 7.90. The third kappa shape index (κ3) is 4.20. The Balaban J connectivity index is 1.48. The van der Waals surface area contributed by atoms with E-state index in [-0.39, 0.29) is 18.0 Å². The predicted octanol–water partition coefficient (Wildman–Crippen LogP) is 1.66. The maximum absolute atomic E-state index is 12.2. The Bertz CT molecular complexity index is 685. The number of aromatic nitrogens is 1. The van der Waals surface area contributed by atoms with Gasteiger partial charge in [-0.1, -0.05) is 11.7 Å². The normalized spacial score (nSPS) is 25.0. The molecule has 23 heavy (non-hydrogen) atoms. The lowest BCUT2D eigenvalue weighted by molar-refractivity contribution is 0.0916. The zero-order chi connectivity index (χ0) is 16.4. The molecule has 0 bridgehead atoms. The van der Waals surface area contributed by atoms with E-state index < -0.39 is 10.0 Å². The van der Waals surface area contributed by atoms with Gasteiger partial charge in [0.15, 0.2) is 5.69 Å². The molecular formula is C15H21N3O4S.